The van der Waals surface area contributed by atoms with Crippen LogP contribution in [0.3, 0.4) is 0 Å². The van der Waals surface area contributed by atoms with Crippen LogP contribution < -0.4 is 0 Å². The zero-order chi connectivity index (χ0) is 9.68. The smallest absolute Gasteiger partial charge is 0.124 e. The van der Waals surface area contributed by atoms with Crippen LogP contribution in [0.5, 0.6) is 0 Å². The first-order chi connectivity index (χ1) is 6.31. The van der Waals surface area contributed by atoms with Gasteiger partial charge in [-0.05, 0) is 36.3 Å². The number of benzene rings is 1. The molecule has 0 aliphatic heterocycles. The number of hydrogen-bond donors (Lipinski definition) is 0. The quantitative estimate of drug-likeness (QED) is 0.564. The van der Waals surface area contributed by atoms with Crippen LogP contribution in [-0.4, -0.2) is 18.8 Å². The van der Waals surface area contributed by atoms with Crippen molar-refractivity contribution >= 4 is 29.8 Å². The standard InChI is InChI=1S/C10H12OS2/c1-12-9-3-4-10(13-2)8(7-9)5-6-11/h3-4,6-7H,5H2,1-2H3. The summed E-state index contributed by atoms with van der Waals surface area (Å²) < 4.78 is 0. The molecule has 0 saturated heterocycles. The molecule has 1 nitrogen and oxygen atoms in total. The SMILES string of the molecule is CSc1ccc(SC)c(CC=O)c1. The van der Waals surface area contributed by atoms with E-state index in [-0.39, 0.29) is 0 Å². The van der Waals surface area contributed by atoms with Crippen molar-refractivity contribution in [2.24, 2.45) is 0 Å². The van der Waals surface area contributed by atoms with E-state index in [0.29, 0.717) is 6.42 Å². The van der Waals surface area contributed by atoms with Crippen molar-refractivity contribution in [1.82, 2.24) is 0 Å². The largest absolute Gasteiger partial charge is 0.303 e. The molecular weight excluding hydrogens is 200 g/mol. The Morgan fingerprint density at radius 1 is 1.31 bits per heavy atom. The highest BCUT2D eigenvalue weighted by Crippen LogP contribution is 2.25. The number of carbonyl (C=O) groups excluding carboxylic acids is 1. The number of aldehydes is 1. The molecule has 3 heteroatoms. The van der Waals surface area contributed by atoms with Gasteiger partial charge in [-0.15, -0.1) is 23.5 Å². The predicted molar refractivity (Wildman–Crippen MR) is 59.8 cm³/mol. The molecule has 0 aliphatic carbocycles. The van der Waals surface area contributed by atoms with Gasteiger partial charge >= 0.3 is 0 Å². The van der Waals surface area contributed by atoms with Crippen LogP contribution >= 0.6 is 23.5 Å². The summed E-state index contributed by atoms with van der Waals surface area (Å²) in [5, 5.41) is 0. The fourth-order valence-corrected chi connectivity index (χ4v) is 2.20. The molecule has 1 aromatic carbocycles. The first kappa shape index (κ1) is 10.7. The highest BCUT2D eigenvalue weighted by molar-refractivity contribution is 7.99. The number of carbonyl (C=O) groups is 1. The van der Waals surface area contributed by atoms with E-state index in [1.165, 1.54) is 9.79 Å². The van der Waals surface area contributed by atoms with Crippen molar-refractivity contribution < 1.29 is 4.79 Å². The fraction of sp³-hybridized carbons (Fsp3) is 0.300. The molecule has 0 spiro atoms. The molecule has 1 rings (SSSR count). The molecule has 0 aromatic heterocycles. The maximum absolute atomic E-state index is 10.4. The molecule has 70 valence electrons. The number of rotatable bonds is 4. The lowest BCUT2D eigenvalue weighted by atomic mass is 10.2. The van der Waals surface area contributed by atoms with Crippen molar-refractivity contribution in [3.05, 3.63) is 23.8 Å². The maximum atomic E-state index is 10.4. The molecule has 13 heavy (non-hydrogen) atoms. The summed E-state index contributed by atoms with van der Waals surface area (Å²) >= 11 is 3.39. The molecule has 0 radical (unpaired) electrons. The Hall–Kier alpha value is -0.410. The van der Waals surface area contributed by atoms with Crippen LogP contribution in [0.1, 0.15) is 5.56 Å². The Bertz CT molecular complexity index is 297. The van der Waals surface area contributed by atoms with Gasteiger partial charge in [-0.25, -0.2) is 0 Å². The second-order valence-corrected chi connectivity index (χ2v) is 4.28. The number of thioether (sulfide) groups is 2. The Balaban J connectivity index is 3.01. The molecule has 0 N–H and O–H groups in total. The van der Waals surface area contributed by atoms with Crippen LogP contribution in [-0.2, 0) is 11.2 Å². The van der Waals surface area contributed by atoms with E-state index in [0.717, 1.165) is 11.8 Å². The topological polar surface area (TPSA) is 17.1 Å². The summed E-state index contributed by atoms with van der Waals surface area (Å²) in [7, 11) is 0. The molecule has 0 heterocycles. The van der Waals surface area contributed by atoms with Gasteiger partial charge in [-0.1, -0.05) is 0 Å². The van der Waals surface area contributed by atoms with Gasteiger partial charge < -0.3 is 4.79 Å². The second kappa shape index (κ2) is 5.35. The summed E-state index contributed by atoms with van der Waals surface area (Å²) in [5.74, 6) is 0. The first-order valence-corrected chi connectivity index (χ1v) is 6.41. The third kappa shape index (κ3) is 2.78. The summed E-state index contributed by atoms with van der Waals surface area (Å²) in [6, 6.07) is 6.25. The zero-order valence-electron chi connectivity index (χ0n) is 7.74. The Kier molecular flexibility index (Phi) is 4.39. The molecule has 0 bridgehead atoms. The van der Waals surface area contributed by atoms with Gasteiger partial charge in [0.05, 0.1) is 0 Å². The minimum absolute atomic E-state index is 0.518. The minimum Gasteiger partial charge on any atom is -0.303 e. The lowest BCUT2D eigenvalue weighted by Gasteiger charge is -2.05. The lowest BCUT2D eigenvalue weighted by molar-refractivity contribution is -0.107. The van der Waals surface area contributed by atoms with E-state index in [9.17, 15) is 4.79 Å². The Morgan fingerprint density at radius 3 is 2.62 bits per heavy atom. The first-order valence-electron chi connectivity index (χ1n) is 3.96. The van der Waals surface area contributed by atoms with E-state index in [2.05, 4.69) is 18.2 Å². The fourth-order valence-electron chi connectivity index (χ4n) is 1.13. The van der Waals surface area contributed by atoms with Gasteiger partial charge in [0.2, 0.25) is 0 Å². The molecule has 1 aromatic rings. The van der Waals surface area contributed by atoms with Crippen LogP contribution in [0.2, 0.25) is 0 Å². The average Bonchev–Trinajstić information content (AvgIpc) is 2.18. The summed E-state index contributed by atoms with van der Waals surface area (Å²) in [4.78, 5) is 12.8. The van der Waals surface area contributed by atoms with Gasteiger partial charge in [0, 0.05) is 16.2 Å². The summed E-state index contributed by atoms with van der Waals surface area (Å²) in [6.45, 7) is 0. The van der Waals surface area contributed by atoms with Gasteiger partial charge in [-0.3, -0.25) is 0 Å². The zero-order valence-corrected chi connectivity index (χ0v) is 9.37. The highest BCUT2D eigenvalue weighted by Gasteiger charge is 2.01. The van der Waals surface area contributed by atoms with Gasteiger partial charge in [0.15, 0.2) is 0 Å². The molecule has 0 amide bonds. The monoisotopic (exact) mass is 212 g/mol. The second-order valence-electron chi connectivity index (χ2n) is 2.55. The Labute approximate surface area is 87.3 Å². The average molecular weight is 212 g/mol. The van der Waals surface area contributed by atoms with Crippen molar-refractivity contribution in [3.63, 3.8) is 0 Å². The highest BCUT2D eigenvalue weighted by atomic mass is 32.2. The minimum atomic E-state index is 0.518. The van der Waals surface area contributed by atoms with E-state index in [1.54, 1.807) is 23.5 Å². The van der Waals surface area contributed by atoms with Gasteiger partial charge in [0.1, 0.15) is 6.29 Å². The normalized spacial score (nSPS) is 10.0. The van der Waals surface area contributed by atoms with Crippen LogP contribution in [0.25, 0.3) is 0 Å². The molecule has 0 aliphatic rings. The van der Waals surface area contributed by atoms with E-state index < -0.39 is 0 Å². The Morgan fingerprint density at radius 2 is 2.08 bits per heavy atom. The van der Waals surface area contributed by atoms with E-state index in [1.807, 2.05) is 12.5 Å². The van der Waals surface area contributed by atoms with Crippen molar-refractivity contribution in [2.75, 3.05) is 12.5 Å². The van der Waals surface area contributed by atoms with Crippen molar-refractivity contribution in [2.45, 2.75) is 16.2 Å². The molecule has 0 saturated carbocycles. The van der Waals surface area contributed by atoms with Gasteiger partial charge in [0.25, 0.3) is 0 Å². The molecule has 0 atom stereocenters. The third-order valence-electron chi connectivity index (χ3n) is 1.79. The van der Waals surface area contributed by atoms with Gasteiger partial charge in [-0.2, -0.15) is 0 Å². The lowest BCUT2D eigenvalue weighted by Crippen LogP contribution is -1.89. The van der Waals surface area contributed by atoms with Crippen molar-refractivity contribution in [1.29, 1.82) is 0 Å². The van der Waals surface area contributed by atoms with Crippen LogP contribution in [0.4, 0.5) is 0 Å². The van der Waals surface area contributed by atoms with Crippen LogP contribution in [0, 0.1) is 0 Å². The third-order valence-corrected chi connectivity index (χ3v) is 3.35. The summed E-state index contributed by atoms with van der Waals surface area (Å²) in [5.41, 5.74) is 1.13. The summed E-state index contributed by atoms with van der Waals surface area (Å²) in [6.07, 6.45) is 5.55. The van der Waals surface area contributed by atoms with Crippen LogP contribution in [0.15, 0.2) is 28.0 Å². The maximum Gasteiger partial charge on any atom is 0.124 e. The van der Waals surface area contributed by atoms with E-state index in [4.69, 9.17) is 0 Å². The van der Waals surface area contributed by atoms with E-state index >= 15 is 0 Å². The number of hydrogen-bond acceptors (Lipinski definition) is 3. The predicted octanol–water partition coefficient (Wildman–Crippen LogP) is 2.87. The molecule has 0 unspecified atom stereocenters. The molecule has 0 fully saturated rings. The molecular formula is C10H12OS2. The van der Waals surface area contributed by atoms with Crippen molar-refractivity contribution in [3.8, 4) is 0 Å².